The summed E-state index contributed by atoms with van der Waals surface area (Å²) in [6, 6.07) is 8.80. The first-order chi connectivity index (χ1) is 19.6. The van der Waals surface area contributed by atoms with Crippen LogP contribution in [-0.4, -0.2) is 48.8 Å². The summed E-state index contributed by atoms with van der Waals surface area (Å²) in [6.07, 6.45) is 17.8. The molecule has 2 heterocycles. The number of nitrogens with one attached hydrogen (secondary N) is 1. The number of ether oxygens (including phenoxy) is 2. The van der Waals surface area contributed by atoms with Gasteiger partial charge in [-0.05, 0) is 43.3 Å². The zero-order chi connectivity index (χ0) is 28.4. The smallest absolute Gasteiger partial charge is 0.220 e. The van der Waals surface area contributed by atoms with Crippen molar-refractivity contribution >= 4 is 5.91 Å². The first kappa shape index (κ1) is 32.0. The van der Waals surface area contributed by atoms with Crippen LogP contribution in [-0.2, 0) is 11.3 Å². The van der Waals surface area contributed by atoms with Gasteiger partial charge in [-0.1, -0.05) is 90.0 Å². The maximum absolute atomic E-state index is 12.9. The summed E-state index contributed by atoms with van der Waals surface area (Å²) < 4.78 is 16.8. The Balaban J connectivity index is 0.00000588. The number of nitrogens with zero attached hydrogens (tertiary/aromatic N) is 1. The number of rotatable bonds is 21. The van der Waals surface area contributed by atoms with Gasteiger partial charge in [0.15, 0.2) is 11.5 Å². The molecular weight excluding hydrogens is 504 g/mol. The fourth-order valence-electron chi connectivity index (χ4n) is 5.35. The van der Waals surface area contributed by atoms with E-state index in [-0.39, 0.29) is 7.33 Å². The fourth-order valence-corrected chi connectivity index (χ4v) is 5.35. The van der Waals surface area contributed by atoms with Gasteiger partial charge in [0.2, 0.25) is 5.91 Å². The highest BCUT2D eigenvalue weighted by molar-refractivity contribution is 5.76. The number of hydrogen-bond donors (Lipinski definition) is 2. The van der Waals surface area contributed by atoms with Crippen molar-refractivity contribution < 1.29 is 25.2 Å². The lowest BCUT2D eigenvalue weighted by Crippen LogP contribution is -2.46. The molecule has 0 saturated carbocycles. The van der Waals surface area contributed by atoms with Crippen LogP contribution in [0.1, 0.15) is 116 Å². The number of benzene rings is 1. The third kappa shape index (κ3) is 11.9. The van der Waals surface area contributed by atoms with E-state index in [1.807, 2.05) is 37.4 Å². The minimum absolute atomic E-state index is 0. The molecule has 1 aliphatic rings. The number of likely N-dealkylation sites (N-methyl/N-ethyl adjacent to an activating group) is 1. The molecule has 7 nitrogen and oxygen atoms in total. The Morgan fingerprint density at radius 1 is 0.925 bits per heavy atom. The summed E-state index contributed by atoms with van der Waals surface area (Å²) in [6.45, 7) is 4.33. The van der Waals surface area contributed by atoms with Gasteiger partial charge in [-0.15, -0.1) is 0 Å². The molecule has 226 valence electrons. The largest absolute Gasteiger partial charge is 0.486 e. The van der Waals surface area contributed by atoms with Crippen LogP contribution in [0, 0.1) is 0 Å². The fraction of sp³-hybridized carbons (Fsp3) is 0.667. The summed E-state index contributed by atoms with van der Waals surface area (Å²) in [7, 11) is 1.96. The lowest BCUT2D eigenvalue weighted by molar-refractivity contribution is -0.123. The molecular formula is C33H54N2O5. The molecule has 1 aliphatic heterocycles. The summed E-state index contributed by atoms with van der Waals surface area (Å²) in [5.74, 6) is 2.13. The second-order valence-corrected chi connectivity index (χ2v) is 11.3. The van der Waals surface area contributed by atoms with Crippen LogP contribution in [0.15, 0.2) is 41.0 Å². The van der Waals surface area contributed by atoms with Crippen molar-refractivity contribution in [3.63, 3.8) is 0 Å². The molecule has 1 aromatic heterocycles. The molecule has 1 aromatic carbocycles. The molecule has 0 bridgehead atoms. The van der Waals surface area contributed by atoms with E-state index in [0.29, 0.717) is 49.8 Å². The molecule has 1 amide bonds. The molecule has 0 radical (unpaired) electrons. The predicted octanol–water partition coefficient (Wildman–Crippen LogP) is 7.43. The van der Waals surface area contributed by atoms with E-state index in [0.717, 1.165) is 18.6 Å². The number of unbranched alkanes of at least 4 members (excludes halogenated alkanes) is 12. The normalized spacial score (nSPS) is 14.3. The Kier molecular flexibility index (Phi) is 15.0. The van der Waals surface area contributed by atoms with Gasteiger partial charge in [0.1, 0.15) is 25.1 Å². The first-order valence-electron chi connectivity index (χ1n) is 15.6. The summed E-state index contributed by atoms with van der Waals surface area (Å²) in [5.41, 5.74) is 0.696. The van der Waals surface area contributed by atoms with Crippen LogP contribution in [0.3, 0.4) is 0 Å². The van der Waals surface area contributed by atoms with Gasteiger partial charge in [0.05, 0.1) is 18.8 Å². The molecule has 0 unspecified atom stereocenters. The van der Waals surface area contributed by atoms with Crippen LogP contribution in [0.2, 0.25) is 0 Å². The second-order valence-electron chi connectivity index (χ2n) is 11.3. The van der Waals surface area contributed by atoms with Gasteiger partial charge >= 0.3 is 0 Å². The maximum Gasteiger partial charge on any atom is 0.220 e. The zero-order valence-electron chi connectivity index (χ0n) is 24.9. The highest BCUT2D eigenvalue weighted by atomic mass is 16.6. The molecule has 2 N–H and O–H groups in total. The Hall–Kier alpha value is -2.51. The van der Waals surface area contributed by atoms with E-state index in [4.69, 9.17) is 13.9 Å². The monoisotopic (exact) mass is 558 g/mol. The summed E-state index contributed by atoms with van der Waals surface area (Å²) >= 11 is 0. The first-order valence-corrected chi connectivity index (χ1v) is 15.6. The maximum atomic E-state index is 12.9. The van der Waals surface area contributed by atoms with Crippen molar-refractivity contribution in [2.45, 2.75) is 116 Å². The Morgan fingerprint density at radius 3 is 2.17 bits per heavy atom. The van der Waals surface area contributed by atoms with Gasteiger partial charge in [-0.25, -0.2) is 0 Å². The van der Waals surface area contributed by atoms with Crippen LogP contribution < -0.4 is 14.8 Å². The van der Waals surface area contributed by atoms with Crippen molar-refractivity contribution in [2.75, 3.05) is 26.8 Å². The molecule has 7 heteroatoms. The summed E-state index contributed by atoms with van der Waals surface area (Å²) in [4.78, 5) is 15.0. The van der Waals surface area contributed by atoms with Crippen LogP contribution in [0.5, 0.6) is 11.5 Å². The van der Waals surface area contributed by atoms with Gasteiger partial charge in [-0.3, -0.25) is 9.69 Å². The third-order valence-corrected chi connectivity index (χ3v) is 7.66. The average molecular weight is 559 g/mol. The topological polar surface area (TPSA) is 84.2 Å². The number of amides is 1. The average Bonchev–Trinajstić information content (AvgIpc) is 3.47. The predicted molar refractivity (Wildman–Crippen MR) is 162 cm³/mol. The molecule has 0 aliphatic carbocycles. The number of carbonyl (C=O) groups excluding carboxylic acids is 1. The molecule has 40 heavy (non-hydrogen) atoms. The quantitative estimate of drug-likeness (QED) is 0.155. The Morgan fingerprint density at radius 2 is 1.55 bits per heavy atom. The number of hydrogen-bond acceptors (Lipinski definition) is 6. The van der Waals surface area contributed by atoms with E-state index in [2.05, 4.69) is 17.1 Å². The SMILES string of the molecule is CCCCCCCCCCCCCCCC(=O)N[C@H](CN(C)Cc1ccco1)[C@H](O)c1ccc2c(c1)OCCO2.[HH]. The van der Waals surface area contributed by atoms with Crippen molar-refractivity contribution in [1.82, 2.24) is 10.2 Å². The highest BCUT2D eigenvalue weighted by Crippen LogP contribution is 2.33. The van der Waals surface area contributed by atoms with E-state index in [1.165, 1.54) is 70.6 Å². The zero-order valence-corrected chi connectivity index (χ0v) is 24.9. The Labute approximate surface area is 243 Å². The van der Waals surface area contributed by atoms with E-state index in [1.54, 1.807) is 6.26 Å². The minimum Gasteiger partial charge on any atom is -0.486 e. The minimum atomic E-state index is -0.884. The molecule has 0 spiro atoms. The molecule has 0 fully saturated rings. The molecule has 2 atom stereocenters. The van der Waals surface area contributed by atoms with Crippen molar-refractivity contribution in [1.29, 1.82) is 0 Å². The van der Waals surface area contributed by atoms with E-state index >= 15 is 0 Å². The van der Waals surface area contributed by atoms with Crippen molar-refractivity contribution in [2.24, 2.45) is 0 Å². The van der Waals surface area contributed by atoms with Crippen molar-refractivity contribution in [3.8, 4) is 11.5 Å². The number of fused-ring (bicyclic) bond motifs is 1. The Bertz CT molecular complexity index is 955. The van der Waals surface area contributed by atoms with Crippen molar-refractivity contribution in [3.05, 3.63) is 47.9 Å². The van der Waals surface area contributed by atoms with Crippen LogP contribution in [0.4, 0.5) is 0 Å². The lowest BCUT2D eigenvalue weighted by Gasteiger charge is -2.29. The van der Waals surface area contributed by atoms with Gasteiger partial charge in [0, 0.05) is 14.4 Å². The second kappa shape index (κ2) is 18.8. The number of aliphatic hydroxyl groups excluding tert-OH is 1. The van der Waals surface area contributed by atoms with E-state index in [9.17, 15) is 9.90 Å². The standard InChI is InChI=1S/C33H52N2O5.H2/c1-3-4-5-6-7-8-9-10-11-12-13-14-15-18-32(36)34-29(26-35(2)25-28-17-16-21-38-28)33(37)27-19-20-30-31(24-27)40-23-22-39-30;/h16-17,19-21,24,29,33,37H,3-15,18,22-23,25-26H2,1-2H3,(H,34,36);1H/t29-,33-;/m1./s1. The van der Waals surface area contributed by atoms with Gasteiger partial charge in [0.25, 0.3) is 0 Å². The third-order valence-electron chi connectivity index (χ3n) is 7.66. The molecule has 0 saturated heterocycles. The van der Waals surface area contributed by atoms with Crippen LogP contribution in [0.25, 0.3) is 0 Å². The van der Waals surface area contributed by atoms with Gasteiger partial charge in [-0.2, -0.15) is 0 Å². The lowest BCUT2D eigenvalue weighted by atomic mass is 10.00. The summed E-state index contributed by atoms with van der Waals surface area (Å²) in [5, 5.41) is 14.4. The molecule has 3 rings (SSSR count). The number of furan rings is 1. The van der Waals surface area contributed by atoms with E-state index < -0.39 is 12.1 Å². The molecule has 2 aromatic rings. The number of aliphatic hydroxyl groups is 1. The van der Waals surface area contributed by atoms with Gasteiger partial charge < -0.3 is 24.3 Å². The number of carbonyl (C=O) groups is 1. The van der Waals surface area contributed by atoms with Crippen LogP contribution >= 0.6 is 0 Å². The highest BCUT2D eigenvalue weighted by Gasteiger charge is 2.26.